The average Bonchev–Trinajstić information content (AvgIpc) is 2.94. The number of alkyl carbamates (subject to hydrolysis) is 1. The second-order valence-electron chi connectivity index (χ2n) is 10.7. The third-order valence-electron chi connectivity index (χ3n) is 6.84. The standard InChI is InChI=1S/C31H44N4O6/c1-5-12-24(30(39)35-27(20(2)3)28(32)37)18-26(36)25(17-22-13-8-6-9-14-22)34-29(38)21(4)33-31(40)41-19-23-15-10-7-11-16-23/h6-11,13-16,20-21,24-27,36H,5,12,17-19H2,1-4H3,(H2,32,37)(H,33,40)(H,34,38)(H,35,39)/t21?,24-,25?,26+,27?/m1/s1. The van der Waals surface area contributed by atoms with Crippen LogP contribution >= 0.6 is 0 Å². The minimum atomic E-state index is -1.09. The first kappa shape index (κ1) is 33.3. The average molecular weight is 569 g/mol. The van der Waals surface area contributed by atoms with Crippen LogP contribution in [0.15, 0.2) is 60.7 Å². The zero-order valence-electron chi connectivity index (χ0n) is 24.3. The van der Waals surface area contributed by atoms with Crippen molar-refractivity contribution in [2.75, 3.05) is 0 Å². The minimum Gasteiger partial charge on any atom is -0.445 e. The summed E-state index contributed by atoms with van der Waals surface area (Å²) in [5, 5.41) is 19.4. The number of carbonyl (C=O) groups excluding carboxylic acids is 4. The lowest BCUT2D eigenvalue weighted by Gasteiger charge is -2.29. The number of amides is 4. The van der Waals surface area contributed by atoms with Gasteiger partial charge in [0.2, 0.25) is 17.7 Å². The Balaban J connectivity index is 2.09. The smallest absolute Gasteiger partial charge is 0.408 e. The number of benzene rings is 2. The highest BCUT2D eigenvalue weighted by atomic mass is 16.5. The van der Waals surface area contributed by atoms with Gasteiger partial charge in [-0.2, -0.15) is 0 Å². The van der Waals surface area contributed by atoms with Crippen LogP contribution < -0.4 is 21.7 Å². The quantitative estimate of drug-likeness (QED) is 0.209. The maximum absolute atomic E-state index is 13.1. The van der Waals surface area contributed by atoms with Gasteiger partial charge in [0.05, 0.1) is 12.1 Å². The van der Waals surface area contributed by atoms with E-state index in [0.29, 0.717) is 19.3 Å². The number of hydrogen-bond donors (Lipinski definition) is 5. The molecule has 0 fully saturated rings. The van der Waals surface area contributed by atoms with E-state index in [0.717, 1.165) is 11.1 Å². The molecule has 0 saturated carbocycles. The van der Waals surface area contributed by atoms with Crippen LogP contribution in [0.25, 0.3) is 0 Å². The van der Waals surface area contributed by atoms with Crippen molar-refractivity contribution in [1.29, 1.82) is 0 Å². The van der Waals surface area contributed by atoms with Gasteiger partial charge in [0.1, 0.15) is 18.7 Å². The van der Waals surface area contributed by atoms with Crippen molar-refractivity contribution >= 4 is 23.8 Å². The molecule has 3 unspecified atom stereocenters. The predicted molar refractivity (Wildman–Crippen MR) is 156 cm³/mol. The molecule has 10 nitrogen and oxygen atoms in total. The van der Waals surface area contributed by atoms with E-state index in [1.54, 1.807) is 13.8 Å². The van der Waals surface area contributed by atoms with Gasteiger partial charge >= 0.3 is 6.09 Å². The van der Waals surface area contributed by atoms with Crippen molar-refractivity contribution in [1.82, 2.24) is 16.0 Å². The third kappa shape index (κ3) is 11.6. The van der Waals surface area contributed by atoms with Crippen molar-refractivity contribution in [3.8, 4) is 0 Å². The fraction of sp³-hybridized carbons (Fsp3) is 0.484. The van der Waals surface area contributed by atoms with Crippen molar-refractivity contribution in [3.05, 3.63) is 71.8 Å². The molecule has 10 heteroatoms. The lowest BCUT2D eigenvalue weighted by atomic mass is 9.89. The molecule has 0 bridgehead atoms. The van der Waals surface area contributed by atoms with Gasteiger partial charge in [-0.05, 0) is 43.2 Å². The Morgan fingerprint density at radius 1 is 0.854 bits per heavy atom. The number of aliphatic hydroxyl groups excluding tert-OH is 1. The number of ether oxygens (including phenoxy) is 1. The van der Waals surface area contributed by atoms with Gasteiger partial charge < -0.3 is 31.5 Å². The maximum Gasteiger partial charge on any atom is 0.408 e. The first-order valence-corrected chi connectivity index (χ1v) is 14.1. The van der Waals surface area contributed by atoms with E-state index in [1.165, 1.54) is 6.92 Å². The summed E-state index contributed by atoms with van der Waals surface area (Å²) in [5.41, 5.74) is 7.16. The Bertz CT molecular complexity index is 1110. The summed E-state index contributed by atoms with van der Waals surface area (Å²) in [4.78, 5) is 50.3. The fourth-order valence-corrected chi connectivity index (χ4v) is 4.46. The number of nitrogens with one attached hydrogen (secondary N) is 3. The van der Waals surface area contributed by atoms with Crippen LogP contribution in [0.5, 0.6) is 0 Å². The Morgan fingerprint density at radius 3 is 1.98 bits per heavy atom. The molecule has 6 N–H and O–H groups in total. The molecule has 224 valence electrons. The Morgan fingerprint density at radius 2 is 1.44 bits per heavy atom. The van der Waals surface area contributed by atoms with Crippen LogP contribution in [0.2, 0.25) is 0 Å². The summed E-state index contributed by atoms with van der Waals surface area (Å²) in [6.45, 7) is 7.09. The Labute approximate surface area is 242 Å². The van der Waals surface area contributed by atoms with E-state index >= 15 is 0 Å². The molecule has 0 heterocycles. The number of primary amides is 1. The van der Waals surface area contributed by atoms with Gasteiger partial charge in [0, 0.05) is 5.92 Å². The Hall–Kier alpha value is -3.92. The lowest BCUT2D eigenvalue weighted by Crippen LogP contribution is -2.53. The fourth-order valence-electron chi connectivity index (χ4n) is 4.46. The van der Waals surface area contributed by atoms with Crippen molar-refractivity contribution < 1.29 is 29.0 Å². The van der Waals surface area contributed by atoms with Crippen LogP contribution in [0.1, 0.15) is 58.1 Å². The maximum atomic E-state index is 13.1. The van der Waals surface area contributed by atoms with E-state index in [9.17, 15) is 24.3 Å². The second-order valence-corrected chi connectivity index (χ2v) is 10.7. The summed E-state index contributed by atoms with van der Waals surface area (Å²) in [6, 6.07) is 16.0. The van der Waals surface area contributed by atoms with E-state index in [1.807, 2.05) is 67.6 Å². The van der Waals surface area contributed by atoms with Gasteiger partial charge in [-0.15, -0.1) is 0 Å². The largest absolute Gasteiger partial charge is 0.445 e. The van der Waals surface area contributed by atoms with E-state index in [2.05, 4.69) is 16.0 Å². The van der Waals surface area contributed by atoms with Gasteiger partial charge in [0.15, 0.2) is 0 Å². The predicted octanol–water partition coefficient (Wildman–Crippen LogP) is 2.82. The van der Waals surface area contributed by atoms with Crippen LogP contribution in [-0.4, -0.2) is 53.2 Å². The molecule has 0 aliphatic rings. The molecule has 41 heavy (non-hydrogen) atoms. The monoisotopic (exact) mass is 568 g/mol. The molecule has 2 aromatic rings. The number of carbonyl (C=O) groups is 4. The molecular formula is C31H44N4O6. The number of rotatable bonds is 16. The third-order valence-corrected chi connectivity index (χ3v) is 6.84. The molecule has 2 aromatic carbocycles. The van der Waals surface area contributed by atoms with Crippen LogP contribution in [0.3, 0.4) is 0 Å². The second kappa shape index (κ2) is 17.0. The van der Waals surface area contributed by atoms with Gasteiger partial charge in [-0.3, -0.25) is 14.4 Å². The zero-order valence-corrected chi connectivity index (χ0v) is 24.3. The number of aliphatic hydroxyl groups is 1. The van der Waals surface area contributed by atoms with Crippen molar-refractivity contribution in [2.24, 2.45) is 17.6 Å². The van der Waals surface area contributed by atoms with Crippen molar-refractivity contribution in [3.63, 3.8) is 0 Å². The van der Waals surface area contributed by atoms with E-state index < -0.39 is 48.1 Å². The number of hydrogen-bond acceptors (Lipinski definition) is 6. The van der Waals surface area contributed by atoms with E-state index in [-0.39, 0.29) is 24.9 Å². The van der Waals surface area contributed by atoms with Crippen LogP contribution in [-0.2, 0) is 32.1 Å². The lowest BCUT2D eigenvalue weighted by molar-refractivity contribution is -0.132. The molecule has 0 aliphatic carbocycles. The zero-order chi connectivity index (χ0) is 30.4. The molecule has 0 radical (unpaired) electrons. The van der Waals surface area contributed by atoms with Crippen LogP contribution in [0, 0.1) is 11.8 Å². The Kier molecular flexibility index (Phi) is 13.8. The number of nitrogens with two attached hydrogens (primary N) is 1. The topological polar surface area (TPSA) is 160 Å². The summed E-state index contributed by atoms with van der Waals surface area (Å²) in [7, 11) is 0. The van der Waals surface area contributed by atoms with Gasteiger partial charge in [-0.1, -0.05) is 87.9 Å². The van der Waals surface area contributed by atoms with E-state index in [4.69, 9.17) is 10.5 Å². The van der Waals surface area contributed by atoms with Gasteiger partial charge in [0.25, 0.3) is 0 Å². The molecule has 0 aliphatic heterocycles. The minimum absolute atomic E-state index is 0.0575. The summed E-state index contributed by atoms with van der Waals surface area (Å²) in [6.07, 6.45) is -0.327. The summed E-state index contributed by atoms with van der Waals surface area (Å²) >= 11 is 0. The summed E-state index contributed by atoms with van der Waals surface area (Å²) in [5.74, 6) is -2.30. The highest BCUT2D eigenvalue weighted by Gasteiger charge is 2.31. The first-order valence-electron chi connectivity index (χ1n) is 14.1. The normalized spacial score (nSPS) is 14.7. The van der Waals surface area contributed by atoms with Gasteiger partial charge in [-0.25, -0.2) is 4.79 Å². The summed E-state index contributed by atoms with van der Waals surface area (Å²) < 4.78 is 5.21. The molecule has 2 rings (SSSR count). The highest BCUT2D eigenvalue weighted by molar-refractivity contribution is 5.88. The first-order chi connectivity index (χ1) is 19.5. The SMILES string of the molecule is CCC[C@H](C[C@H](O)C(Cc1ccccc1)NC(=O)C(C)NC(=O)OCc1ccccc1)C(=O)NC(C(N)=O)C(C)C. The van der Waals surface area contributed by atoms with Crippen LogP contribution in [0.4, 0.5) is 4.79 Å². The highest BCUT2D eigenvalue weighted by Crippen LogP contribution is 2.19. The molecular weight excluding hydrogens is 524 g/mol. The molecule has 0 spiro atoms. The molecule has 0 saturated heterocycles. The molecule has 4 amide bonds. The molecule has 0 aromatic heterocycles. The molecule has 5 atom stereocenters. The van der Waals surface area contributed by atoms with Crippen molar-refractivity contribution in [2.45, 2.75) is 84.2 Å².